The second-order valence-electron chi connectivity index (χ2n) is 11.9. The number of thioether (sulfide) groups is 1. The molecule has 5 atom stereocenters. The summed E-state index contributed by atoms with van der Waals surface area (Å²) in [7, 11) is 1.75. The van der Waals surface area contributed by atoms with Crippen LogP contribution in [-0.4, -0.2) is 70.3 Å². The first-order valence-electron chi connectivity index (χ1n) is 17.6. The van der Waals surface area contributed by atoms with Gasteiger partial charge in [0.05, 0.1) is 30.8 Å². The molecule has 7 heteroatoms. The molecule has 45 heavy (non-hydrogen) atoms. The van der Waals surface area contributed by atoms with Crippen LogP contribution in [0.3, 0.4) is 0 Å². The summed E-state index contributed by atoms with van der Waals surface area (Å²) in [5.74, 6) is 1.79. The van der Waals surface area contributed by atoms with Crippen molar-refractivity contribution >= 4 is 11.8 Å². The zero-order chi connectivity index (χ0) is 32.3. The average Bonchev–Trinajstić information content (AvgIpc) is 3.05. The summed E-state index contributed by atoms with van der Waals surface area (Å²) in [6.07, 6.45) is 8.90. The predicted molar refractivity (Wildman–Crippen MR) is 187 cm³/mol. The third-order valence-corrected chi connectivity index (χ3v) is 9.83. The lowest BCUT2D eigenvalue weighted by atomic mass is 9.93. The predicted octanol–water partition coefficient (Wildman–Crippen LogP) is 9.21. The molecule has 0 radical (unpaired) electrons. The number of rotatable bonds is 23. The van der Waals surface area contributed by atoms with Gasteiger partial charge in [0.1, 0.15) is 29.8 Å². The van der Waals surface area contributed by atoms with Crippen molar-refractivity contribution in [2.45, 2.75) is 121 Å². The molecular formula is C38H60O6S. The maximum absolute atomic E-state index is 6.80. The largest absolute Gasteiger partial charge is 0.496 e. The Morgan fingerprint density at radius 3 is 1.87 bits per heavy atom. The molecule has 0 aliphatic carbocycles. The van der Waals surface area contributed by atoms with Crippen molar-refractivity contribution in [3.8, 4) is 11.5 Å². The van der Waals surface area contributed by atoms with Gasteiger partial charge in [-0.15, -0.1) is 11.8 Å². The van der Waals surface area contributed by atoms with Gasteiger partial charge in [0, 0.05) is 32.8 Å². The number of ether oxygens (including phenoxy) is 6. The molecule has 1 heterocycles. The molecule has 0 N–H and O–H groups in total. The smallest absolute Gasteiger partial charge is 0.122 e. The SMILES string of the molecule is CCCCOC[C@H]1S[C@@H](c2ccc(OC)c(Cc3ccc(OCC)cc3)c2)[C@H](OCCCC)[C@@H](OCCCC)[C@@H]1OCCCC. The molecule has 254 valence electrons. The van der Waals surface area contributed by atoms with E-state index in [1.807, 2.05) is 30.8 Å². The molecule has 3 rings (SSSR count). The van der Waals surface area contributed by atoms with Crippen molar-refractivity contribution in [1.29, 1.82) is 0 Å². The highest BCUT2D eigenvalue weighted by Gasteiger charge is 2.48. The van der Waals surface area contributed by atoms with E-state index in [-0.39, 0.29) is 28.8 Å². The van der Waals surface area contributed by atoms with E-state index in [2.05, 4.69) is 58.0 Å². The Balaban J connectivity index is 1.99. The van der Waals surface area contributed by atoms with Crippen molar-refractivity contribution < 1.29 is 28.4 Å². The summed E-state index contributed by atoms with van der Waals surface area (Å²) in [6, 6.07) is 15.0. The minimum Gasteiger partial charge on any atom is -0.496 e. The van der Waals surface area contributed by atoms with E-state index in [0.29, 0.717) is 26.4 Å². The molecule has 0 saturated carbocycles. The van der Waals surface area contributed by atoms with E-state index in [4.69, 9.17) is 28.4 Å². The Hall–Kier alpha value is -1.77. The molecule has 0 unspecified atom stereocenters. The number of unbranched alkanes of at least 4 members (excludes halogenated alkanes) is 4. The van der Waals surface area contributed by atoms with Gasteiger partial charge >= 0.3 is 0 Å². The van der Waals surface area contributed by atoms with Crippen LogP contribution < -0.4 is 9.47 Å². The Morgan fingerprint density at radius 1 is 0.667 bits per heavy atom. The lowest BCUT2D eigenvalue weighted by molar-refractivity contribution is -0.149. The molecule has 1 aliphatic rings. The zero-order valence-electron chi connectivity index (χ0n) is 28.9. The highest BCUT2D eigenvalue weighted by Crippen LogP contribution is 2.47. The van der Waals surface area contributed by atoms with Crippen molar-refractivity contribution in [2.24, 2.45) is 0 Å². The lowest BCUT2D eigenvalue weighted by Gasteiger charge is -2.46. The highest BCUT2D eigenvalue weighted by atomic mass is 32.2. The van der Waals surface area contributed by atoms with Gasteiger partial charge in [-0.1, -0.05) is 77.6 Å². The van der Waals surface area contributed by atoms with Gasteiger partial charge < -0.3 is 28.4 Å². The first-order chi connectivity index (χ1) is 22.1. The fraction of sp³-hybridized carbons (Fsp3) is 0.684. The normalized spacial score (nSPS) is 21.6. The first-order valence-corrected chi connectivity index (χ1v) is 18.5. The quantitative estimate of drug-likeness (QED) is 0.112. The number of hydrogen-bond donors (Lipinski definition) is 0. The fourth-order valence-corrected chi connectivity index (χ4v) is 7.26. The third kappa shape index (κ3) is 12.1. The molecule has 0 aromatic heterocycles. The number of hydrogen-bond acceptors (Lipinski definition) is 7. The van der Waals surface area contributed by atoms with Crippen molar-refractivity contribution in [2.75, 3.05) is 46.8 Å². The molecule has 0 spiro atoms. The zero-order valence-corrected chi connectivity index (χ0v) is 29.7. The minimum absolute atomic E-state index is 0.0734. The van der Waals surface area contributed by atoms with E-state index in [1.165, 1.54) is 11.1 Å². The molecule has 1 fully saturated rings. The molecule has 1 aliphatic heterocycles. The van der Waals surface area contributed by atoms with Gasteiger partial charge in [0.15, 0.2) is 0 Å². The molecule has 2 aromatic carbocycles. The van der Waals surface area contributed by atoms with Crippen molar-refractivity contribution in [1.82, 2.24) is 0 Å². The van der Waals surface area contributed by atoms with Crippen LogP contribution in [0.25, 0.3) is 0 Å². The van der Waals surface area contributed by atoms with Gasteiger partial charge in [0.2, 0.25) is 0 Å². The molecule has 0 amide bonds. The second kappa shape index (κ2) is 21.9. The van der Waals surface area contributed by atoms with Gasteiger partial charge in [-0.25, -0.2) is 0 Å². The lowest BCUT2D eigenvalue weighted by Crippen LogP contribution is -2.55. The highest BCUT2D eigenvalue weighted by molar-refractivity contribution is 8.00. The average molecular weight is 645 g/mol. The van der Waals surface area contributed by atoms with Crippen LogP contribution in [-0.2, 0) is 25.4 Å². The number of benzene rings is 2. The molecule has 6 nitrogen and oxygen atoms in total. The van der Waals surface area contributed by atoms with Crippen LogP contribution in [0.1, 0.15) is 108 Å². The van der Waals surface area contributed by atoms with E-state index in [1.54, 1.807) is 7.11 Å². The summed E-state index contributed by atoms with van der Waals surface area (Å²) in [6.45, 7) is 15.0. The van der Waals surface area contributed by atoms with E-state index >= 15 is 0 Å². The van der Waals surface area contributed by atoms with Gasteiger partial charge in [-0.05, 0) is 67.5 Å². The fourth-order valence-electron chi connectivity index (χ4n) is 5.63. The summed E-state index contributed by atoms with van der Waals surface area (Å²) in [5.41, 5.74) is 3.61. The van der Waals surface area contributed by atoms with Crippen LogP contribution in [0.5, 0.6) is 11.5 Å². The third-order valence-electron chi connectivity index (χ3n) is 8.24. The van der Waals surface area contributed by atoms with Crippen LogP contribution in [0.2, 0.25) is 0 Å². The van der Waals surface area contributed by atoms with Gasteiger partial charge in [-0.3, -0.25) is 0 Å². The van der Waals surface area contributed by atoms with Gasteiger partial charge in [0.25, 0.3) is 0 Å². The molecule has 1 saturated heterocycles. The van der Waals surface area contributed by atoms with E-state index in [0.717, 1.165) is 88.1 Å². The maximum atomic E-state index is 6.80. The van der Waals surface area contributed by atoms with E-state index in [9.17, 15) is 0 Å². The van der Waals surface area contributed by atoms with Crippen molar-refractivity contribution in [3.05, 3.63) is 59.2 Å². The Bertz CT molecular complexity index is 1050. The molecule has 2 aromatic rings. The summed E-state index contributed by atoms with van der Waals surface area (Å²) >= 11 is 1.94. The first kappa shape index (κ1) is 37.7. The second-order valence-corrected chi connectivity index (χ2v) is 13.3. The Labute approximate surface area is 278 Å². The minimum atomic E-state index is -0.173. The Morgan fingerprint density at radius 2 is 1.27 bits per heavy atom. The van der Waals surface area contributed by atoms with Crippen LogP contribution in [0, 0.1) is 0 Å². The Kier molecular flexibility index (Phi) is 18.4. The van der Waals surface area contributed by atoms with Crippen LogP contribution >= 0.6 is 11.8 Å². The molecule has 0 bridgehead atoms. The van der Waals surface area contributed by atoms with Crippen molar-refractivity contribution in [3.63, 3.8) is 0 Å². The monoisotopic (exact) mass is 644 g/mol. The summed E-state index contributed by atoms with van der Waals surface area (Å²) < 4.78 is 38.1. The van der Waals surface area contributed by atoms with E-state index < -0.39 is 0 Å². The van der Waals surface area contributed by atoms with Crippen LogP contribution in [0.4, 0.5) is 0 Å². The number of methoxy groups -OCH3 is 1. The summed E-state index contributed by atoms with van der Waals surface area (Å²) in [4.78, 5) is 0. The topological polar surface area (TPSA) is 55.4 Å². The summed E-state index contributed by atoms with van der Waals surface area (Å²) in [5, 5.41) is 0.210. The maximum Gasteiger partial charge on any atom is 0.122 e. The molecular weight excluding hydrogens is 584 g/mol. The van der Waals surface area contributed by atoms with Crippen LogP contribution in [0.15, 0.2) is 42.5 Å². The standard InChI is InChI=1S/C38H60O6S/c1-7-12-22-40-28-34-35(42-23-13-8-2)36(43-24-14-9-3)37(44-25-15-10-4)38(45-34)30-18-21-33(39-6)31(27-30)26-29-16-19-32(20-17-29)41-11-5/h16-21,27,34-38H,7-15,22-26,28H2,1-6H3/t34-,35-,36+,37-,38+/m1/s1. The van der Waals surface area contributed by atoms with Gasteiger partial charge in [-0.2, -0.15) is 0 Å².